The summed E-state index contributed by atoms with van der Waals surface area (Å²) < 4.78 is 3.01. The van der Waals surface area contributed by atoms with E-state index >= 15 is 0 Å². The number of imidazole rings is 1. The number of tetrazole rings is 1. The quantitative estimate of drug-likeness (QED) is 0.587. The molecule has 2 heterocycles. The van der Waals surface area contributed by atoms with Crippen LogP contribution in [0.15, 0.2) is 65.7 Å². The zero-order valence-corrected chi connectivity index (χ0v) is 14.2. The number of hydrogen-bond acceptors (Lipinski definition) is 4. The summed E-state index contributed by atoms with van der Waals surface area (Å²) in [6.07, 6.45) is 3.60. The van der Waals surface area contributed by atoms with Gasteiger partial charge >= 0.3 is 0 Å². The van der Waals surface area contributed by atoms with Gasteiger partial charge in [0, 0.05) is 12.1 Å². The summed E-state index contributed by atoms with van der Waals surface area (Å²) in [6, 6.07) is 16.5. The summed E-state index contributed by atoms with van der Waals surface area (Å²) in [7, 11) is 0. The van der Waals surface area contributed by atoms with Gasteiger partial charge in [-0.2, -0.15) is 5.21 Å². The van der Waals surface area contributed by atoms with E-state index in [1.165, 1.54) is 5.56 Å². The molecule has 4 aromatic rings. The minimum Gasteiger partial charge on any atom is -0.321 e. The van der Waals surface area contributed by atoms with Crippen LogP contribution in [-0.2, 0) is 6.54 Å². The van der Waals surface area contributed by atoms with E-state index in [0.717, 1.165) is 27.8 Å². The van der Waals surface area contributed by atoms with Crippen LogP contribution in [0.3, 0.4) is 0 Å². The van der Waals surface area contributed by atoms with E-state index in [2.05, 4.69) is 71.9 Å². The van der Waals surface area contributed by atoms with Crippen LogP contribution in [0.2, 0.25) is 0 Å². The number of halogens is 1. The van der Waals surface area contributed by atoms with Crippen molar-refractivity contribution in [2.24, 2.45) is 0 Å². The molecule has 1 N–H and O–H groups in total. The fraction of sp³-hybridized carbons (Fsp3) is 0.0588. The highest BCUT2D eigenvalue weighted by atomic mass is 79.9. The Bertz CT molecular complexity index is 943. The molecular formula is C17H13BrN6. The Balaban J connectivity index is 1.65. The van der Waals surface area contributed by atoms with Crippen molar-refractivity contribution < 1.29 is 0 Å². The van der Waals surface area contributed by atoms with Gasteiger partial charge in [0.2, 0.25) is 5.82 Å². The number of aromatic nitrogens is 6. The SMILES string of the molecule is Brc1cncn1Cc1ccc(-c2ccccc2-c2nn[nH]n2)cc1. The van der Waals surface area contributed by atoms with Crippen LogP contribution in [0.5, 0.6) is 0 Å². The second kappa shape index (κ2) is 6.37. The third kappa shape index (κ3) is 2.85. The number of H-pyrrole nitrogens is 1. The Labute approximate surface area is 146 Å². The first-order valence-electron chi connectivity index (χ1n) is 7.39. The molecule has 2 aromatic heterocycles. The van der Waals surface area contributed by atoms with Crippen LogP contribution < -0.4 is 0 Å². The van der Waals surface area contributed by atoms with Gasteiger partial charge in [-0.15, -0.1) is 10.2 Å². The van der Waals surface area contributed by atoms with E-state index in [4.69, 9.17) is 0 Å². The van der Waals surface area contributed by atoms with E-state index < -0.39 is 0 Å². The van der Waals surface area contributed by atoms with E-state index in [-0.39, 0.29) is 0 Å². The van der Waals surface area contributed by atoms with Gasteiger partial charge in [-0.25, -0.2) is 4.98 Å². The molecule has 118 valence electrons. The Morgan fingerprint density at radius 2 is 1.79 bits per heavy atom. The molecule has 24 heavy (non-hydrogen) atoms. The highest BCUT2D eigenvalue weighted by molar-refractivity contribution is 9.10. The number of hydrogen-bond donors (Lipinski definition) is 1. The third-order valence-electron chi connectivity index (χ3n) is 3.79. The lowest BCUT2D eigenvalue weighted by Crippen LogP contribution is -1.98. The summed E-state index contributed by atoms with van der Waals surface area (Å²) in [4.78, 5) is 4.12. The van der Waals surface area contributed by atoms with Crippen molar-refractivity contribution in [3.8, 4) is 22.5 Å². The first kappa shape index (κ1) is 14.8. The van der Waals surface area contributed by atoms with Gasteiger partial charge in [-0.3, -0.25) is 0 Å². The van der Waals surface area contributed by atoms with E-state index in [9.17, 15) is 0 Å². The van der Waals surface area contributed by atoms with Crippen molar-refractivity contribution in [1.29, 1.82) is 0 Å². The van der Waals surface area contributed by atoms with Crippen molar-refractivity contribution >= 4 is 15.9 Å². The number of nitrogens with one attached hydrogen (secondary N) is 1. The molecule has 7 heteroatoms. The highest BCUT2D eigenvalue weighted by Crippen LogP contribution is 2.29. The second-order valence-corrected chi connectivity index (χ2v) is 6.13. The fourth-order valence-electron chi connectivity index (χ4n) is 2.61. The lowest BCUT2D eigenvalue weighted by Gasteiger charge is -2.09. The average Bonchev–Trinajstić information content (AvgIpc) is 3.28. The first-order chi connectivity index (χ1) is 11.8. The molecule has 0 saturated carbocycles. The summed E-state index contributed by atoms with van der Waals surface area (Å²) in [5, 5.41) is 14.3. The second-order valence-electron chi connectivity index (χ2n) is 5.32. The van der Waals surface area contributed by atoms with Crippen LogP contribution in [-0.4, -0.2) is 30.2 Å². The van der Waals surface area contributed by atoms with Crippen molar-refractivity contribution in [1.82, 2.24) is 30.2 Å². The maximum Gasteiger partial charge on any atom is 0.205 e. The predicted molar refractivity (Wildman–Crippen MR) is 94.1 cm³/mol. The smallest absolute Gasteiger partial charge is 0.205 e. The summed E-state index contributed by atoms with van der Waals surface area (Å²) >= 11 is 3.48. The molecule has 0 amide bonds. The standard InChI is InChI=1S/C17H13BrN6/c18-16-9-19-11-24(16)10-12-5-7-13(8-6-12)14-3-1-2-4-15(14)17-20-22-23-21-17/h1-9,11H,10H2,(H,20,21,22,23). The van der Waals surface area contributed by atoms with Crippen LogP contribution in [0.25, 0.3) is 22.5 Å². The van der Waals surface area contributed by atoms with E-state index in [1.807, 2.05) is 29.1 Å². The van der Waals surface area contributed by atoms with Crippen molar-refractivity contribution in [3.05, 3.63) is 71.2 Å². The number of aromatic amines is 1. The van der Waals surface area contributed by atoms with Crippen LogP contribution in [0, 0.1) is 0 Å². The minimum absolute atomic E-state index is 0.594. The summed E-state index contributed by atoms with van der Waals surface area (Å²) in [6.45, 7) is 0.771. The molecular weight excluding hydrogens is 368 g/mol. The van der Waals surface area contributed by atoms with Gasteiger partial charge < -0.3 is 4.57 Å². The van der Waals surface area contributed by atoms with Crippen molar-refractivity contribution in [2.75, 3.05) is 0 Å². The predicted octanol–water partition coefficient (Wildman–Crippen LogP) is 3.54. The van der Waals surface area contributed by atoms with Gasteiger partial charge in [0.05, 0.1) is 12.5 Å². The molecule has 0 aliphatic rings. The van der Waals surface area contributed by atoms with Gasteiger partial charge in [0.1, 0.15) is 4.60 Å². The lowest BCUT2D eigenvalue weighted by molar-refractivity contribution is 0.780. The molecule has 0 spiro atoms. The molecule has 0 fully saturated rings. The molecule has 0 unspecified atom stereocenters. The number of nitrogens with zero attached hydrogens (tertiary/aromatic N) is 5. The van der Waals surface area contributed by atoms with Gasteiger partial charge in [-0.1, -0.05) is 48.5 Å². The Morgan fingerprint density at radius 3 is 2.46 bits per heavy atom. The van der Waals surface area contributed by atoms with Gasteiger partial charge in [0.25, 0.3) is 0 Å². The van der Waals surface area contributed by atoms with Crippen molar-refractivity contribution in [3.63, 3.8) is 0 Å². The topological polar surface area (TPSA) is 72.3 Å². The molecule has 0 radical (unpaired) electrons. The maximum absolute atomic E-state index is 4.12. The molecule has 0 aliphatic heterocycles. The first-order valence-corrected chi connectivity index (χ1v) is 8.18. The number of benzene rings is 2. The van der Waals surface area contributed by atoms with E-state index in [0.29, 0.717) is 5.82 Å². The third-order valence-corrected chi connectivity index (χ3v) is 4.45. The molecule has 0 bridgehead atoms. The van der Waals surface area contributed by atoms with Crippen LogP contribution in [0.4, 0.5) is 0 Å². The molecule has 6 nitrogen and oxygen atoms in total. The molecule has 2 aromatic carbocycles. The highest BCUT2D eigenvalue weighted by Gasteiger charge is 2.10. The Morgan fingerprint density at radius 1 is 1.00 bits per heavy atom. The van der Waals surface area contributed by atoms with Gasteiger partial charge in [-0.05, 0) is 37.8 Å². The monoisotopic (exact) mass is 380 g/mol. The zero-order valence-electron chi connectivity index (χ0n) is 12.6. The largest absolute Gasteiger partial charge is 0.321 e. The van der Waals surface area contributed by atoms with Gasteiger partial charge in [0.15, 0.2) is 0 Å². The van der Waals surface area contributed by atoms with Crippen molar-refractivity contribution in [2.45, 2.75) is 6.54 Å². The molecule has 0 atom stereocenters. The Kier molecular flexibility index (Phi) is 3.92. The number of rotatable bonds is 4. The summed E-state index contributed by atoms with van der Waals surface area (Å²) in [5.41, 5.74) is 4.35. The maximum atomic E-state index is 4.12. The van der Waals surface area contributed by atoms with Crippen LogP contribution in [0.1, 0.15) is 5.56 Å². The summed E-state index contributed by atoms with van der Waals surface area (Å²) in [5.74, 6) is 0.594. The molecule has 0 saturated heterocycles. The zero-order chi connectivity index (χ0) is 16.4. The average molecular weight is 381 g/mol. The van der Waals surface area contributed by atoms with E-state index in [1.54, 1.807) is 6.20 Å². The van der Waals surface area contributed by atoms with Crippen LogP contribution >= 0.6 is 15.9 Å². The normalized spacial score (nSPS) is 10.9. The molecule has 4 rings (SSSR count). The minimum atomic E-state index is 0.594. The Hall–Kier alpha value is -2.80. The molecule has 0 aliphatic carbocycles. The fourth-order valence-corrected chi connectivity index (χ4v) is 2.95. The lowest BCUT2D eigenvalue weighted by atomic mass is 9.98.